The lowest BCUT2D eigenvalue weighted by molar-refractivity contribution is -0.0883. The van der Waals surface area contributed by atoms with Gasteiger partial charge in [0.1, 0.15) is 5.84 Å². The minimum Gasteiger partial charge on any atom is -0.328 e. The van der Waals surface area contributed by atoms with E-state index in [1.165, 1.54) is 6.20 Å². The van der Waals surface area contributed by atoms with Gasteiger partial charge >= 0.3 is 6.18 Å². The molecule has 2 rings (SSSR count). The van der Waals surface area contributed by atoms with Gasteiger partial charge < -0.3 is 4.90 Å². The second kappa shape index (κ2) is 5.53. The quantitative estimate of drug-likeness (QED) is 0.741. The lowest BCUT2D eigenvalue weighted by Crippen LogP contribution is -2.32. The Bertz CT molecular complexity index is 487. The van der Waals surface area contributed by atoms with Crippen LogP contribution in [0.2, 0.25) is 0 Å². The molecule has 0 spiro atoms. The molecule has 0 aromatic heterocycles. The van der Waals surface area contributed by atoms with Crippen LogP contribution in [0.15, 0.2) is 39.1 Å². The average Bonchev–Trinajstić information content (AvgIpc) is 2.34. The first kappa shape index (κ1) is 14.4. The Hall–Kier alpha value is -1.04. The van der Waals surface area contributed by atoms with Crippen molar-refractivity contribution in [2.24, 2.45) is 4.99 Å². The fourth-order valence-corrected chi connectivity index (χ4v) is 2.46. The van der Waals surface area contributed by atoms with Crippen molar-refractivity contribution in [3.8, 4) is 0 Å². The maximum atomic E-state index is 12.7. The predicted molar refractivity (Wildman–Crippen MR) is 72.9 cm³/mol. The van der Waals surface area contributed by atoms with Crippen LogP contribution in [0.3, 0.4) is 0 Å². The molecule has 0 fully saturated rings. The molecule has 2 aliphatic heterocycles. The summed E-state index contributed by atoms with van der Waals surface area (Å²) >= 11 is 3.46. The zero-order valence-corrected chi connectivity index (χ0v) is 12.1. The number of allylic oxidation sites excluding steroid dienone is 3. The molecule has 0 aliphatic carbocycles. The third kappa shape index (κ3) is 3.29. The lowest BCUT2D eigenvalue weighted by Gasteiger charge is -2.29. The normalized spacial score (nSPS) is 19.3. The fraction of sp³-hybridized carbons (Fsp3) is 0.462. The number of unbranched alkanes of at least 4 members (excludes halogenated alkanes) is 1. The van der Waals surface area contributed by atoms with Crippen LogP contribution in [-0.2, 0) is 0 Å². The standard InChI is InChI=1S/C13H14BrF3N2/c1-2-3-4-11-10(14)8-19-6-5-9(13(15,16)17)7-12(19)18-11/h5-7H,2-4,8H2,1H3. The van der Waals surface area contributed by atoms with Crippen molar-refractivity contribution >= 4 is 21.8 Å². The number of amidine groups is 1. The molecular formula is C13H14BrF3N2. The molecule has 0 aromatic carbocycles. The van der Waals surface area contributed by atoms with Gasteiger partial charge in [-0.15, -0.1) is 0 Å². The van der Waals surface area contributed by atoms with Gasteiger partial charge in [0.05, 0.1) is 17.8 Å². The summed E-state index contributed by atoms with van der Waals surface area (Å²) in [6, 6.07) is 0. The molecule has 0 bridgehead atoms. The van der Waals surface area contributed by atoms with Gasteiger partial charge in [0.2, 0.25) is 0 Å². The van der Waals surface area contributed by atoms with Crippen molar-refractivity contribution in [1.29, 1.82) is 0 Å². The molecule has 0 amide bonds. The summed E-state index contributed by atoms with van der Waals surface area (Å²) in [5.41, 5.74) is 0.191. The Morgan fingerprint density at radius 2 is 2.16 bits per heavy atom. The van der Waals surface area contributed by atoms with Crippen LogP contribution in [0.1, 0.15) is 26.2 Å². The predicted octanol–water partition coefficient (Wildman–Crippen LogP) is 4.51. The van der Waals surface area contributed by atoms with Crippen molar-refractivity contribution in [1.82, 2.24) is 4.90 Å². The maximum absolute atomic E-state index is 12.7. The van der Waals surface area contributed by atoms with Crippen molar-refractivity contribution in [2.75, 3.05) is 6.54 Å². The first-order valence-corrected chi connectivity index (χ1v) is 6.91. The number of nitrogens with zero attached hydrogens (tertiary/aromatic N) is 2. The summed E-state index contributed by atoms with van der Waals surface area (Å²) in [4.78, 5) is 6.04. The van der Waals surface area contributed by atoms with Crippen LogP contribution in [0.25, 0.3) is 0 Å². The molecule has 104 valence electrons. The molecule has 0 saturated carbocycles. The van der Waals surface area contributed by atoms with E-state index in [-0.39, 0.29) is 0 Å². The van der Waals surface area contributed by atoms with Gasteiger partial charge in [0.15, 0.2) is 0 Å². The first-order valence-electron chi connectivity index (χ1n) is 6.11. The number of alkyl halides is 3. The van der Waals surface area contributed by atoms with Crippen LogP contribution in [0, 0.1) is 0 Å². The largest absolute Gasteiger partial charge is 0.416 e. The Kier molecular flexibility index (Phi) is 4.18. The van der Waals surface area contributed by atoms with E-state index in [0.717, 1.165) is 41.6 Å². The fourth-order valence-electron chi connectivity index (χ4n) is 1.90. The number of halogens is 4. The van der Waals surface area contributed by atoms with E-state index in [4.69, 9.17) is 0 Å². The summed E-state index contributed by atoms with van der Waals surface area (Å²) in [7, 11) is 0. The third-order valence-corrected chi connectivity index (χ3v) is 3.69. The number of hydrogen-bond acceptors (Lipinski definition) is 2. The van der Waals surface area contributed by atoms with Crippen LogP contribution in [-0.4, -0.2) is 23.5 Å². The van der Waals surface area contributed by atoms with Crippen LogP contribution >= 0.6 is 15.9 Å². The summed E-state index contributed by atoms with van der Waals surface area (Å²) in [6.45, 7) is 2.61. The SMILES string of the molecule is CCCCC1=C(Br)CN2C=CC(C(F)(F)F)=CC2=N1. The summed E-state index contributed by atoms with van der Waals surface area (Å²) in [6.07, 6.45) is 2.08. The Labute approximate surface area is 118 Å². The number of fused-ring (bicyclic) bond motifs is 1. The zero-order chi connectivity index (χ0) is 14.0. The number of aliphatic imine (C=N–C) groups is 1. The summed E-state index contributed by atoms with van der Waals surface area (Å²) in [5.74, 6) is 0.365. The highest BCUT2D eigenvalue weighted by atomic mass is 79.9. The molecule has 0 atom stereocenters. The van der Waals surface area contributed by atoms with Gasteiger partial charge in [-0.3, -0.25) is 0 Å². The van der Waals surface area contributed by atoms with Gasteiger partial charge in [-0.25, -0.2) is 4.99 Å². The second-order valence-corrected chi connectivity index (χ2v) is 5.42. The van der Waals surface area contributed by atoms with Gasteiger partial charge in [0.25, 0.3) is 0 Å². The molecule has 0 saturated heterocycles. The van der Waals surface area contributed by atoms with Crippen molar-refractivity contribution < 1.29 is 13.2 Å². The Morgan fingerprint density at radius 3 is 2.79 bits per heavy atom. The van der Waals surface area contributed by atoms with E-state index in [0.29, 0.717) is 12.4 Å². The van der Waals surface area contributed by atoms with E-state index < -0.39 is 11.7 Å². The van der Waals surface area contributed by atoms with Gasteiger partial charge in [0, 0.05) is 10.7 Å². The van der Waals surface area contributed by atoms with E-state index in [1.54, 1.807) is 4.90 Å². The highest BCUT2D eigenvalue weighted by Crippen LogP contribution is 2.32. The maximum Gasteiger partial charge on any atom is 0.416 e. The van der Waals surface area contributed by atoms with Crippen molar-refractivity contribution in [3.63, 3.8) is 0 Å². The smallest absolute Gasteiger partial charge is 0.328 e. The van der Waals surface area contributed by atoms with Gasteiger partial charge in [-0.1, -0.05) is 29.3 Å². The van der Waals surface area contributed by atoms with Gasteiger partial charge in [-0.2, -0.15) is 13.2 Å². The molecule has 0 N–H and O–H groups in total. The molecule has 0 radical (unpaired) electrons. The molecular weight excluding hydrogens is 321 g/mol. The molecule has 2 heterocycles. The zero-order valence-electron chi connectivity index (χ0n) is 10.5. The molecule has 19 heavy (non-hydrogen) atoms. The average molecular weight is 335 g/mol. The van der Waals surface area contributed by atoms with Gasteiger partial charge in [-0.05, 0) is 25.0 Å². The molecule has 6 heteroatoms. The minimum absolute atomic E-state index is 0.365. The van der Waals surface area contributed by atoms with Crippen LogP contribution < -0.4 is 0 Å². The number of rotatable bonds is 3. The van der Waals surface area contributed by atoms with E-state index in [2.05, 4.69) is 27.8 Å². The highest BCUT2D eigenvalue weighted by Gasteiger charge is 2.34. The minimum atomic E-state index is -4.33. The van der Waals surface area contributed by atoms with Crippen LogP contribution in [0.5, 0.6) is 0 Å². The van der Waals surface area contributed by atoms with Crippen molar-refractivity contribution in [2.45, 2.75) is 32.4 Å². The van der Waals surface area contributed by atoms with Crippen LogP contribution in [0.4, 0.5) is 13.2 Å². The summed E-state index contributed by atoms with van der Waals surface area (Å²) < 4.78 is 38.9. The Morgan fingerprint density at radius 1 is 1.42 bits per heavy atom. The van der Waals surface area contributed by atoms with Crippen molar-refractivity contribution in [3.05, 3.63) is 34.1 Å². The molecule has 2 nitrogen and oxygen atoms in total. The lowest BCUT2D eigenvalue weighted by atomic mass is 10.1. The second-order valence-electron chi connectivity index (χ2n) is 4.47. The molecule has 0 aromatic rings. The molecule has 2 aliphatic rings. The van der Waals surface area contributed by atoms with E-state index >= 15 is 0 Å². The summed E-state index contributed by atoms with van der Waals surface area (Å²) in [5, 5.41) is 0. The van der Waals surface area contributed by atoms with E-state index in [1.807, 2.05) is 0 Å². The molecule has 0 unspecified atom stereocenters. The number of hydrogen-bond donors (Lipinski definition) is 0. The van der Waals surface area contributed by atoms with E-state index in [9.17, 15) is 13.2 Å². The first-order chi connectivity index (χ1) is 8.91. The topological polar surface area (TPSA) is 15.6 Å². The highest BCUT2D eigenvalue weighted by molar-refractivity contribution is 9.11. The Balaban J connectivity index is 2.26. The third-order valence-electron chi connectivity index (χ3n) is 2.98. The monoisotopic (exact) mass is 334 g/mol.